The summed E-state index contributed by atoms with van der Waals surface area (Å²) in [4.78, 5) is 46.0. The first-order chi connectivity index (χ1) is 26.8. The van der Waals surface area contributed by atoms with Crippen molar-refractivity contribution >= 4 is 27.5 Å². The third-order valence-electron chi connectivity index (χ3n) is 9.30. The van der Waals surface area contributed by atoms with E-state index >= 15 is 0 Å². The van der Waals surface area contributed by atoms with Gasteiger partial charge in [-0.05, 0) is 76.2 Å². The minimum atomic E-state index is 0.414. The molecule has 0 atom stereocenters. The van der Waals surface area contributed by atoms with Crippen molar-refractivity contribution in [3.05, 3.63) is 150 Å². The summed E-state index contributed by atoms with van der Waals surface area (Å²) in [6, 6.07) is 37.9. The highest BCUT2D eigenvalue weighted by Crippen LogP contribution is 2.39. The number of rotatable bonds is 6. The number of aromatic nitrogens is 10. The fraction of sp³-hybridized carbons (Fsp3) is 0.0909. The van der Waals surface area contributed by atoms with Crippen molar-refractivity contribution in [1.29, 1.82) is 0 Å². The molecule has 11 heteroatoms. The zero-order valence-electron chi connectivity index (χ0n) is 30.4. The Labute approximate surface area is 316 Å². The zero-order valence-corrected chi connectivity index (χ0v) is 30.4. The van der Waals surface area contributed by atoms with E-state index in [1.54, 1.807) is 0 Å². The molecule has 0 aliphatic rings. The minimum Gasteiger partial charge on any atom is -0.311 e. The van der Waals surface area contributed by atoms with Crippen molar-refractivity contribution in [2.24, 2.45) is 0 Å². The third kappa shape index (κ3) is 6.21. The number of benzene rings is 5. The second kappa shape index (κ2) is 13.4. The van der Waals surface area contributed by atoms with E-state index < -0.39 is 0 Å². The number of hydrogen-bond donors (Lipinski definition) is 0. The number of fused-ring (bicyclic) bond motifs is 3. The molecule has 0 spiro atoms. The highest BCUT2D eigenvalue weighted by Gasteiger charge is 2.20. The van der Waals surface area contributed by atoms with E-state index in [1.165, 1.54) is 0 Å². The zero-order chi connectivity index (χ0) is 37.6. The van der Waals surface area contributed by atoms with Crippen molar-refractivity contribution in [3.63, 3.8) is 0 Å². The van der Waals surface area contributed by atoms with Crippen LogP contribution < -0.4 is 0 Å². The van der Waals surface area contributed by atoms with Crippen molar-refractivity contribution in [3.8, 4) is 62.6 Å². The lowest BCUT2D eigenvalue weighted by Gasteiger charge is -2.13. The molecule has 0 N–H and O–H groups in total. The summed E-state index contributed by atoms with van der Waals surface area (Å²) in [5, 5.41) is 1.97. The van der Waals surface area contributed by atoms with E-state index in [9.17, 15) is 0 Å². The van der Waals surface area contributed by atoms with E-state index in [0.717, 1.165) is 49.7 Å². The standard InChI is InChI=1S/C44H31N11/c1-25-46-26(2)49-42(48-25)31-16-20-38-35(22-31)36-23-32(43-50-27(3)47-28(4)51-43)17-21-39(36)55(38)33-18-19-34(37(24-33)45-5)44-53-40(29-12-8-6-9-13-29)52-41(54-44)30-14-10-7-11-15-30/h6-24H,1-4H3. The van der Waals surface area contributed by atoms with Gasteiger partial charge in [0.15, 0.2) is 34.8 Å². The van der Waals surface area contributed by atoms with Crippen molar-refractivity contribution in [2.75, 3.05) is 0 Å². The van der Waals surface area contributed by atoms with E-state index in [1.807, 2.05) is 119 Å². The summed E-state index contributed by atoms with van der Waals surface area (Å²) in [7, 11) is 0. The van der Waals surface area contributed by atoms with E-state index in [0.29, 0.717) is 63.7 Å². The second-order valence-corrected chi connectivity index (χ2v) is 13.2. The normalized spacial score (nSPS) is 11.3. The molecule has 0 fully saturated rings. The summed E-state index contributed by atoms with van der Waals surface area (Å²) in [6.07, 6.45) is 0. The maximum atomic E-state index is 8.34. The second-order valence-electron chi connectivity index (χ2n) is 13.2. The lowest BCUT2D eigenvalue weighted by molar-refractivity contribution is 0.928. The average molecular weight is 714 g/mol. The maximum absolute atomic E-state index is 8.34. The van der Waals surface area contributed by atoms with Crippen LogP contribution >= 0.6 is 0 Å². The molecular formula is C44H31N11. The van der Waals surface area contributed by atoms with Crippen LogP contribution in [0.15, 0.2) is 115 Å². The Morgan fingerprint density at radius 3 is 1.31 bits per heavy atom. The predicted octanol–water partition coefficient (Wildman–Crippen LogP) is 9.46. The van der Waals surface area contributed by atoms with Gasteiger partial charge in [-0.3, -0.25) is 0 Å². The Balaban J connectivity index is 1.24. The lowest BCUT2D eigenvalue weighted by atomic mass is 10.1. The molecular weight excluding hydrogens is 683 g/mol. The monoisotopic (exact) mass is 713 g/mol. The van der Waals surface area contributed by atoms with Gasteiger partial charge >= 0.3 is 0 Å². The molecule has 11 nitrogen and oxygen atoms in total. The summed E-state index contributed by atoms with van der Waals surface area (Å²) >= 11 is 0. The van der Waals surface area contributed by atoms with Gasteiger partial charge in [-0.15, -0.1) is 0 Å². The highest BCUT2D eigenvalue weighted by molar-refractivity contribution is 6.11. The molecule has 9 rings (SSSR count). The third-order valence-corrected chi connectivity index (χ3v) is 9.30. The van der Waals surface area contributed by atoms with Gasteiger partial charge in [-0.2, -0.15) is 0 Å². The fourth-order valence-corrected chi connectivity index (χ4v) is 6.94. The number of nitrogens with zero attached hydrogens (tertiary/aromatic N) is 11. The maximum Gasteiger partial charge on any atom is 0.200 e. The first-order valence-electron chi connectivity index (χ1n) is 17.7. The molecule has 262 valence electrons. The molecule has 0 aliphatic carbocycles. The summed E-state index contributed by atoms with van der Waals surface area (Å²) in [5.74, 6) is 5.33. The molecule has 0 aliphatic heterocycles. The minimum absolute atomic E-state index is 0.414. The molecule has 0 bridgehead atoms. The van der Waals surface area contributed by atoms with Gasteiger partial charge in [0.05, 0.1) is 17.6 Å². The number of aryl methyl sites for hydroxylation is 4. The van der Waals surface area contributed by atoms with Crippen LogP contribution in [0.1, 0.15) is 23.3 Å². The Kier molecular flexibility index (Phi) is 8.13. The van der Waals surface area contributed by atoms with E-state index in [2.05, 4.69) is 63.6 Å². The average Bonchev–Trinajstić information content (AvgIpc) is 3.53. The first-order valence-corrected chi connectivity index (χ1v) is 17.7. The fourth-order valence-electron chi connectivity index (χ4n) is 6.94. The largest absolute Gasteiger partial charge is 0.311 e. The molecule has 0 radical (unpaired) electrons. The topological polar surface area (TPSA) is 125 Å². The van der Waals surface area contributed by atoms with Gasteiger partial charge in [0, 0.05) is 44.3 Å². The van der Waals surface area contributed by atoms with Gasteiger partial charge in [-0.1, -0.05) is 66.7 Å². The van der Waals surface area contributed by atoms with Crippen LogP contribution in [-0.2, 0) is 0 Å². The van der Waals surface area contributed by atoms with Crippen LogP contribution in [0, 0.1) is 34.3 Å². The van der Waals surface area contributed by atoms with Crippen molar-refractivity contribution in [2.45, 2.75) is 27.7 Å². The Hall–Kier alpha value is -7.58. The molecule has 4 heterocycles. The van der Waals surface area contributed by atoms with Crippen LogP contribution in [0.4, 0.5) is 5.69 Å². The Morgan fingerprint density at radius 2 is 0.855 bits per heavy atom. The van der Waals surface area contributed by atoms with Crippen molar-refractivity contribution < 1.29 is 0 Å². The molecule has 55 heavy (non-hydrogen) atoms. The van der Waals surface area contributed by atoms with Crippen LogP contribution in [-0.4, -0.2) is 49.4 Å². The predicted molar refractivity (Wildman–Crippen MR) is 213 cm³/mol. The van der Waals surface area contributed by atoms with Gasteiger partial charge in [0.1, 0.15) is 23.3 Å². The SMILES string of the molecule is [C-]#[N+]c1cc(-n2c3ccc(-c4nc(C)nc(C)n4)cc3c3cc(-c4nc(C)nc(C)n4)ccc32)ccc1-c1nc(-c2ccccc2)nc(-c2ccccc2)n1. The van der Waals surface area contributed by atoms with Crippen LogP contribution in [0.5, 0.6) is 0 Å². The van der Waals surface area contributed by atoms with Gasteiger partial charge in [-0.25, -0.2) is 49.7 Å². The van der Waals surface area contributed by atoms with Crippen LogP contribution in [0.2, 0.25) is 0 Å². The molecule has 0 saturated heterocycles. The quantitative estimate of drug-likeness (QED) is 0.155. The van der Waals surface area contributed by atoms with Gasteiger partial charge in [0.25, 0.3) is 0 Å². The molecule has 0 amide bonds. The smallest absolute Gasteiger partial charge is 0.200 e. The first kappa shape index (κ1) is 33.3. The number of hydrogen-bond acceptors (Lipinski definition) is 9. The van der Waals surface area contributed by atoms with Gasteiger partial charge < -0.3 is 4.57 Å². The Morgan fingerprint density at radius 1 is 0.418 bits per heavy atom. The molecule has 5 aromatic carbocycles. The molecule has 0 unspecified atom stereocenters. The summed E-state index contributed by atoms with van der Waals surface area (Å²) in [5.41, 5.74) is 7.19. The lowest BCUT2D eigenvalue weighted by Crippen LogP contribution is -2.01. The Bertz CT molecular complexity index is 2780. The van der Waals surface area contributed by atoms with Crippen LogP contribution in [0.3, 0.4) is 0 Å². The van der Waals surface area contributed by atoms with Gasteiger partial charge in [0.2, 0.25) is 0 Å². The molecule has 9 aromatic rings. The molecule has 4 aromatic heterocycles. The van der Waals surface area contributed by atoms with E-state index in [-0.39, 0.29) is 0 Å². The summed E-state index contributed by atoms with van der Waals surface area (Å²) in [6.45, 7) is 15.8. The highest BCUT2D eigenvalue weighted by atomic mass is 15.1. The molecule has 0 saturated carbocycles. The summed E-state index contributed by atoms with van der Waals surface area (Å²) < 4.78 is 2.17. The van der Waals surface area contributed by atoms with E-state index in [4.69, 9.17) is 21.5 Å². The van der Waals surface area contributed by atoms with Crippen molar-refractivity contribution in [1.82, 2.24) is 49.4 Å². The van der Waals surface area contributed by atoms with Crippen LogP contribution in [0.25, 0.3) is 89.3 Å².